The number of nitrogens with two attached hydrogens (primary N) is 1. The normalized spacial score (nSPS) is 13.5. The summed E-state index contributed by atoms with van der Waals surface area (Å²) >= 11 is 0. The average molecular weight is 148 g/mol. The Kier molecular flexibility index (Phi) is 6.84. The maximum atomic E-state index is 8.50. The summed E-state index contributed by atoms with van der Waals surface area (Å²) in [7, 11) is 1.65. The van der Waals surface area contributed by atoms with Gasteiger partial charge < -0.3 is 20.9 Å². The largest absolute Gasteiger partial charge is 0.395 e. The molecule has 0 saturated heterocycles. The summed E-state index contributed by atoms with van der Waals surface area (Å²) < 4.78 is 4.79. The Morgan fingerprint density at radius 1 is 1.70 bits per heavy atom. The van der Waals surface area contributed by atoms with Crippen LogP contribution in [-0.4, -0.2) is 44.6 Å². The number of hydrogen-bond donors (Lipinski definition) is 3. The van der Waals surface area contributed by atoms with Crippen molar-refractivity contribution in [2.75, 3.05) is 33.4 Å². The van der Waals surface area contributed by atoms with Crippen molar-refractivity contribution in [3.05, 3.63) is 0 Å². The van der Waals surface area contributed by atoms with Gasteiger partial charge in [0.25, 0.3) is 0 Å². The van der Waals surface area contributed by atoms with Crippen LogP contribution >= 0.6 is 0 Å². The van der Waals surface area contributed by atoms with Crippen molar-refractivity contribution in [1.82, 2.24) is 5.32 Å². The predicted octanol–water partition coefficient (Wildman–Crippen LogP) is -1.46. The Morgan fingerprint density at radius 3 is 2.90 bits per heavy atom. The van der Waals surface area contributed by atoms with Crippen molar-refractivity contribution >= 4 is 0 Å². The molecule has 0 bridgehead atoms. The van der Waals surface area contributed by atoms with E-state index in [1.807, 2.05) is 0 Å². The van der Waals surface area contributed by atoms with Crippen LogP contribution < -0.4 is 11.1 Å². The number of rotatable bonds is 6. The number of aliphatic hydroxyl groups is 1. The second-order valence-corrected chi connectivity index (χ2v) is 2.14. The molecule has 0 aromatic rings. The molecule has 0 heterocycles. The molecule has 62 valence electrons. The molecule has 0 aromatic heterocycles. The van der Waals surface area contributed by atoms with Gasteiger partial charge in [-0.1, -0.05) is 0 Å². The molecular weight excluding hydrogens is 132 g/mol. The number of methoxy groups -OCH3 is 1. The molecule has 1 atom stereocenters. The highest BCUT2D eigenvalue weighted by Gasteiger charge is 1.96. The molecule has 0 rings (SSSR count). The topological polar surface area (TPSA) is 67.5 Å². The molecule has 0 aliphatic carbocycles. The van der Waals surface area contributed by atoms with E-state index < -0.39 is 0 Å². The summed E-state index contributed by atoms with van der Waals surface area (Å²) in [5, 5.41) is 11.5. The number of nitrogens with one attached hydrogen (secondary N) is 1. The SMILES string of the molecule is COCCNCC(N)CO. The zero-order valence-electron chi connectivity index (χ0n) is 6.34. The summed E-state index contributed by atoms with van der Waals surface area (Å²) in [4.78, 5) is 0. The third kappa shape index (κ3) is 5.97. The van der Waals surface area contributed by atoms with Crippen LogP contribution in [0, 0.1) is 0 Å². The zero-order valence-corrected chi connectivity index (χ0v) is 6.34. The van der Waals surface area contributed by atoms with Crippen molar-refractivity contribution in [2.45, 2.75) is 6.04 Å². The number of hydrogen-bond acceptors (Lipinski definition) is 4. The smallest absolute Gasteiger partial charge is 0.0594 e. The van der Waals surface area contributed by atoms with Crippen LogP contribution in [0.5, 0.6) is 0 Å². The molecule has 4 nitrogen and oxygen atoms in total. The van der Waals surface area contributed by atoms with Gasteiger partial charge in [-0.3, -0.25) is 0 Å². The summed E-state index contributed by atoms with van der Waals surface area (Å²) in [6, 6.07) is -0.156. The van der Waals surface area contributed by atoms with E-state index in [2.05, 4.69) is 5.32 Å². The van der Waals surface area contributed by atoms with Gasteiger partial charge in [-0.05, 0) is 0 Å². The van der Waals surface area contributed by atoms with Gasteiger partial charge in [0, 0.05) is 26.2 Å². The van der Waals surface area contributed by atoms with Gasteiger partial charge in [0.05, 0.1) is 13.2 Å². The lowest BCUT2D eigenvalue weighted by Crippen LogP contribution is -2.37. The minimum atomic E-state index is -0.156. The van der Waals surface area contributed by atoms with Gasteiger partial charge in [-0.25, -0.2) is 0 Å². The molecule has 0 fully saturated rings. The van der Waals surface area contributed by atoms with Crippen LogP contribution in [0.1, 0.15) is 0 Å². The predicted molar refractivity (Wildman–Crippen MR) is 39.8 cm³/mol. The van der Waals surface area contributed by atoms with Crippen LogP contribution in [0.4, 0.5) is 0 Å². The third-order valence-electron chi connectivity index (χ3n) is 1.12. The minimum Gasteiger partial charge on any atom is -0.395 e. The summed E-state index contributed by atoms with van der Waals surface area (Å²) in [6.07, 6.45) is 0. The van der Waals surface area contributed by atoms with Gasteiger partial charge in [-0.15, -0.1) is 0 Å². The zero-order chi connectivity index (χ0) is 7.82. The van der Waals surface area contributed by atoms with E-state index in [1.54, 1.807) is 7.11 Å². The summed E-state index contributed by atoms with van der Waals surface area (Å²) in [5.74, 6) is 0. The molecule has 10 heavy (non-hydrogen) atoms. The second kappa shape index (κ2) is 6.95. The Labute approximate surface area is 61.4 Å². The molecule has 0 spiro atoms. The van der Waals surface area contributed by atoms with E-state index >= 15 is 0 Å². The van der Waals surface area contributed by atoms with E-state index in [-0.39, 0.29) is 12.6 Å². The van der Waals surface area contributed by atoms with Crippen LogP contribution in [-0.2, 0) is 4.74 Å². The van der Waals surface area contributed by atoms with E-state index in [0.29, 0.717) is 13.2 Å². The van der Waals surface area contributed by atoms with Gasteiger partial charge in [0.15, 0.2) is 0 Å². The molecule has 1 unspecified atom stereocenters. The number of aliphatic hydroxyl groups excluding tert-OH is 1. The fourth-order valence-electron chi connectivity index (χ4n) is 0.526. The average Bonchev–Trinajstić information content (AvgIpc) is 1.98. The molecule has 4 N–H and O–H groups in total. The van der Waals surface area contributed by atoms with Crippen LogP contribution in [0.15, 0.2) is 0 Å². The standard InChI is InChI=1S/C6H16N2O2/c1-10-3-2-8-4-6(7)5-9/h6,8-9H,2-5,7H2,1H3. The Bertz CT molecular complexity index is 70.8. The van der Waals surface area contributed by atoms with Crippen LogP contribution in [0.3, 0.4) is 0 Å². The van der Waals surface area contributed by atoms with Crippen molar-refractivity contribution in [3.8, 4) is 0 Å². The molecule has 0 aromatic carbocycles. The first kappa shape index (κ1) is 9.84. The maximum Gasteiger partial charge on any atom is 0.0594 e. The van der Waals surface area contributed by atoms with Crippen molar-refractivity contribution in [3.63, 3.8) is 0 Å². The van der Waals surface area contributed by atoms with E-state index in [0.717, 1.165) is 6.54 Å². The van der Waals surface area contributed by atoms with Crippen molar-refractivity contribution < 1.29 is 9.84 Å². The van der Waals surface area contributed by atoms with Crippen molar-refractivity contribution in [2.24, 2.45) is 5.73 Å². The highest BCUT2D eigenvalue weighted by Crippen LogP contribution is 1.71. The van der Waals surface area contributed by atoms with Crippen LogP contribution in [0.25, 0.3) is 0 Å². The first-order valence-electron chi connectivity index (χ1n) is 3.37. The van der Waals surface area contributed by atoms with E-state index in [4.69, 9.17) is 15.6 Å². The molecule has 0 aliphatic heterocycles. The highest BCUT2D eigenvalue weighted by molar-refractivity contribution is 4.61. The van der Waals surface area contributed by atoms with E-state index in [9.17, 15) is 0 Å². The molecule has 0 aliphatic rings. The molecule has 0 radical (unpaired) electrons. The Morgan fingerprint density at radius 2 is 2.40 bits per heavy atom. The lowest BCUT2D eigenvalue weighted by molar-refractivity contribution is 0.196. The Balaban J connectivity index is 2.89. The van der Waals surface area contributed by atoms with E-state index in [1.165, 1.54) is 0 Å². The first-order valence-corrected chi connectivity index (χ1v) is 3.37. The fourth-order valence-corrected chi connectivity index (χ4v) is 0.526. The summed E-state index contributed by atoms with van der Waals surface area (Å²) in [6.45, 7) is 2.13. The fraction of sp³-hybridized carbons (Fsp3) is 1.00. The summed E-state index contributed by atoms with van der Waals surface area (Å²) in [5.41, 5.74) is 5.40. The van der Waals surface area contributed by atoms with Crippen molar-refractivity contribution in [1.29, 1.82) is 0 Å². The third-order valence-corrected chi connectivity index (χ3v) is 1.12. The first-order chi connectivity index (χ1) is 4.81. The quantitative estimate of drug-likeness (QED) is 0.403. The molecule has 0 amide bonds. The minimum absolute atomic E-state index is 0.0278. The van der Waals surface area contributed by atoms with Gasteiger partial charge in [0.1, 0.15) is 0 Å². The van der Waals surface area contributed by atoms with Gasteiger partial charge >= 0.3 is 0 Å². The van der Waals surface area contributed by atoms with Crippen LogP contribution in [0.2, 0.25) is 0 Å². The highest BCUT2D eigenvalue weighted by atomic mass is 16.5. The molecule has 4 heteroatoms. The second-order valence-electron chi connectivity index (χ2n) is 2.14. The molecular formula is C6H16N2O2. The molecule has 0 saturated carbocycles. The van der Waals surface area contributed by atoms with Gasteiger partial charge in [-0.2, -0.15) is 0 Å². The lowest BCUT2D eigenvalue weighted by Gasteiger charge is -2.08. The lowest BCUT2D eigenvalue weighted by atomic mass is 10.3. The maximum absolute atomic E-state index is 8.50. The number of ether oxygens (including phenoxy) is 1. The monoisotopic (exact) mass is 148 g/mol. The van der Waals surface area contributed by atoms with Gasteiger partial charge in [0.2, 0.25) is 0 Å². The Hall–Kier alpha value is -0.160.